The lowest BCUT2D eigenvalue weighted by molar-refractivity contribution is -0.147. The molecule has 0 saturated heterocycles. The number of rotatable bonds is 6. The number of hydrogen-bond acceptors (Lipinski definition) is 3. The van der Waals surface area contributed by atoms with Crippen molar-refractivity contribution in [1.29, 1.82) is 0 Å². The molecule has 0 bridgehead atoms. The predicted molar refractivity (Wildman–Crippen MR) is 93.5 cm³/mol. The van der Waals surface area contributed by atoms with Crippen LogP contribution in [-0.2, 0) is 19.3 Å². The number of alkyl halides is 3. The van der Waals surface area contributed by atoms with Crippen molar-refractivity contribution in [2.24, 2.45) is 0 Å². The molecule has 0 spiro atoms. The Kier molecular flexibility index (Phi) is 5.29. The molecule has 1 atom stereocenters. The number of benzene rings is 2. The van der Waals surface area contributed by atoms with Gasteiger partial charge in [-0.25, -0.2) is 4.98 Å². The van der Waals surface area contributed by atoms with E-state index in [0.717, 1.165) is 10.1 Å². The van der Waals surface area contributed by atoms with Crippen LogP contribution < -0.4 is 0 Å². The summed E-state index contributed by atoms with van der Waals surface area (Å²) < 4.78 is 41.0. The number of nitrogens with zero attached hydrogens (tertiary/aromatic N) is 3. The van der Waals surface area contributed by atoms with Crippen molar-refractivity contribution in [2.75, 3.05) is 13.6 Å². The molecule has 1 heterocycles. The second-order valence-electron chi connectivity index (χ2n) is 6.37. The molecular weight excluding hydrogens is 343 g/mol. The van der Waals surface area contributed by atoms with E-state index in [1.807, 2.05) is 42.3 Å². The van der Waals surface area contributed by atoms with Crippen molar-refractivity contribution in [3.63, 3.8) is 0 Å². The van der Waals surface area contributed by atoms with Gasteiger partial charge in [0.05, 0.1) is 23.7 Å². The molecule has 1 unspecified atom stereocenters. The van der Waals surface area contributed by atoms with Crippen LogP contribution in [0.15, 0.2) is 54.6 Å². The number of aromatic nitrogens is 2. The van der Waals surface area contributed by atoms with Crippen LogP contribution in [0.3, 0.4) is 0 Å². The maximum atomic E-state index is 13.3. The number of aliphatic hydroxyl groups is 1. The number of halogens is 3. The molecule has 2 aromatic carbocycles. The first-order valence-corrected chi connectivity index (χ1v) is 8.27. The van der Waals surface area contributed by atoms with Gasteiger partial charge in [0, 0.05) is 13.1 Å². The largest absolute Gasteiger partial charge is 0.449 e. The lowest BCUT2D eigenvalue weighted by Gasteiger charge is -2.22. The molecule has 4 nitrogen and oxygen atoms in total. The third-order valence-corrected chi connectivity index (χ3v) is 4.12. The number of hydrogen-bond donors (Lipinski definition) is 1. The summed E-state index contributed by atoms with van der Waals surface area (Å²) in [5.41, 5.74) is 1.71. The topological polar surface area (TPSA) is 41.3 Å². The molecule has 0 amide bonds. The molecule has 0 saturated carbocycles. The predicted octanol–water partition coefficient (Wildman–Crippen LogP) is 3.55. The first-order valence-electron chi connectivity index (χ1n) is 8.27. The van der Waals surface area contributed by atoms with Gasteiger partial charge < -0.3 is 9.67 Å². The van der Waals surface area contributed by atoms with E-state index in [4.69, 9.17) is 0 Å². The smallest absolute Gasteiger partial charge is 0.390 e. The molecule has 1 aromatic heterocycles. The third-order valence-electron chi connectivity index (χ3n) is 4.12. The van der Waals surface area contributed by atoms with Crippen LogP contribution in [0.2, 0.25) is 0 Å². The standard InChI is InChI=1S/C19H20F3N3O/c1-24(11-14-7-3-2-4-8-14)12-15(26)13-25-17-10-6-5-9-16(17)23-18(25)19(20,21)22/h2-10,15,26H,11-13H2,1H3. The highest BCUT2D eigenvalue weighted by Gasteiger charge is 2.37. The Morgan fingerprint density at radius 1 is 1.08 bits per heavy atom. The Balaban J connectivity index is 1.75. The lowest BCUT2D eigenvalue weighted by atomic mass is 10.2. The van der Waals surface area contributed by atoms with E-state index in [1.54, 1.807) is 18.2 Å². The van der Waals surface area contributed by atoms with Crippen molar-refractivity contribution in [3.05, 3.63) is 66.0 Å². The fraction of sp³-hybridized carbons (Fsp3) is 0.316. The van der Waals surface area contributed by atoms with E-state index in [1.165, 1.54) is 6.07 Å². The van der Waals surface area contributed by atoms with E-state index < -0.39 is 18.1 Å². The van der Waals surface area contributed by atoms with E-state index in [0.29, 0.717) is 12.1 Å². The van der Waals surface area contributed by atoms with Crippen molar-refractivity contribution >= 4 is 11.0 Å². The Morgan fingerprint density at radius 2 is 1.73 bits per heavy atom. The average molecular weight is 363 g/mol. The zero-order chi connectivity index (χ0) is 18.7. The van der Waals surface area contributed by atoms with Crippen LogP contribution in [0.1, 0.15) is 11.4 Å². The Bertz CT molecular complexity index is 861. The summed E-state index contributed by atoms with van der Waals surface area (Å²) in [6.45, 7) is 0.682. The molecule has 0 radical (unpaired) electrons. The fourth-order valence-electron chi connectivity index (χ4n) is 3.06. The summed E-state index contributed by atoms with van der Waals surface area (Å²) in [7, 11) is 1.83. The van der Waals surface area contributed by atoms with Crippen LogP contribution in [-0.4, -0.2) is 39.3 Å². The van der Waals surface area contributed by atoms with Gasteiger partial charge in [-0.3, -0.25) is 4.90 Å². The van der Waals surface area contributed by atoms with E-state index in [2.05, 4.69) is 4.98 Å². The molecule has 0 aliphatic carbocycles. The van der Waals surface area contributed by atoms with Crippen LogP contribution in [0, 0.1) is 0 Å². The SMILES string of the molecule is CN(Cc1ccccc1)CC(O)Cn1c(C(F)(F)F)nc2ccccc21. The normalized spacial score (nSPS) is 13.5. The first-order chi connectivity index (χ1) is 12.3. The maximum Gasteiger partial charge on any atom is 0.449 e. The lowest BCUT2D eigenvalue weighted by Crippen LogP contribution is -2.32. The van der Waals surface area contributed by atoms with Crippen molar-refractivity contribution in [3.8, 4) is 0 Å². The minimum Gasteiger partial charge on any atom is -0.390 e. The summed E-state index contributed by atoms with van der Waals surface area (Å²) in [5.74, 6) is -0.983. The maximum absolute atomic E-state index is 13.3. The molecule has 7 heteroatoms. The van der Waals surface area contributed by atoms with Crippen molar-refractivity contribution < 1.29 is 18.3 Å². The molecule has 138 valence electrons. The van der Waals surface area contributed by atoms with Gasteiger partial charge in [-0.15, -0.1) is 0 Å². The van der Waals surface area contributed by atoms with Crippen molar-refractivity contribution in [1.82, 2.24) is 14.5 Å². The summed E-state index contributed by atoms with van der Waals surface area (Å²) in [6, 6.07) is 16.1. The number of fused-ring (bicyclic) bond motifs is 1. The van der Waals surface area contributed by atoms with Gasteiger partial charge in [-0.1, -0.05) is 42.5 Å². The Hall–Kier alpha value is -2.38. The van der Waals surface area contributed by atoms with Gasteiger partial charge in [0.1, 0.15) is 0 Å². The number of para-hydroxylation sites is 2. The number of likely N-dealkylation sites (N-methyl/N-ethyl adjacent to an activating group) is 1. The van der Waals surface area contributed by atoms with Gasteiger partial charge in [0.2, 0.25) is 5.82 Å². The highest BCUT2D eigenvalue weighted by atomic mass is 19.4. The summed E-state index contributed by atoms with van der Waals surface area (Å²) in [5, 5.41) is 10.4. The molecule has 0 fully saturated rings. The van der Waals surface area contributed by atoms with E-state index >= 15 is 0 Å². The monoisotopic (exact) mass is 363 g/mol. The molecular formula is C19H20F3N3O. The third kappa shape index (κ3) is 4.23. The molecule has 0 aliphatic rings. The quantitative estimate of drug-likeness (QED) is 0.728. The minimum atomic E-state index is -4.57. The van der Waals surface area contributed by atoms with Crippen LogP contribution in [0.4, 0.5) is 13.2 Å². The number of imidazole rings is 1. The second-order valence-corrected chi connectivity index (χ2v) is 6.37. The molecule has 3 aromatic rings. The molecule has 0 aliphatic heterocycles. The highest BCUT2D eigenvalue weighted by Crippen LogP contribution is 2.31. The van der Waals surface area contributed by atoms with Crippen LogP contribution in [0.5, 0.6) is 0 Å². The van der Waals surface area contributed by atoms with Gasteiger partial charge >= 0.3 is 6.18 Å². The summed E-state index contributed by atoms with van der Waals surface area (Å²) >= 11 is 0. The van der Waals surface area contributed by atoms with E-state index in [-0.39, 0.29) is 18.6 Å². The molecule has 26 heavy (non-hydrogen) atoms. The Morgan fingerprint density at radius 3 is 2.42 bits per heavy atom. The van der Waals surface area contributed by atoms with Crippen molar-refractivity contribution in [2.45, 2.75) is 25.4 Å². The minimum absolute atomic E-state index is 0.172. The zero-order valence-electron chi connectivity index (χ0n) is 14.3. The summed E-state index contributed by atoms with van der Waals surface area (Å²) in [4.78, 5) is 5.58. The van der Waals surface area contributed by atoms with Crippen LogP contribution >= 0.6 is 0 Å². The molecule has 1 N–H and O–H groups in total. The second kappa shape index (κ2) is 7.47. The summed E-state index contributed by atoms with van der Waals surface area (Å²) in [6.07, 6.45) is -5.53. The average Bonchev–Trinajstić information content (AvgIpc) is 2.94. The van der Waals surface area contributed by atoms with E-state index in [9.17, 15) is 18.3 Å². The van der Waals surface area contributed by atoms with Crippen LogP contribution in [0.25, 0.3) is 11.0 Å². The highest BCUT2D eigenvalue weighted by molar-refractivity contribution is 5.76. The molecule has 3 rings (SSSR count). The Labute approximate surface area is 149 Å². The van der Waals surface area contributed by atoms with Gasteiger partial charge in [-0.05, 0) is 24.7 Å². The van der Waals surface area contributed by atoms with Gasteiger partial charge in [0.15, 0.2) is 0 Å². The zero-order valence-corrected chi connectivity index (χ0v) is 14.3. The van der Waals surface area contributed by atoms with Gasteiger partial charge in [-0.2, -0.15) is 13.2 Å². The first kappa shape index (κ1) is 18.4. The fourth-order valence-corrected chi connectivity index (χ4v) is 3.06. The van der Waals surface area contributed by atoms with Gasteiger partial charge in [0.25, 0.3) is 0 Å². The number of aliphatic hydroxyl groups excluding tert-OH is 1.